The minimum absolute atomic E-state index is 0.542. The van der Waals surface area contributed by atoms with Crippen LogP contribution in [0.2, 0.25) is 0 Å². The maximum absolute atomic E-state index is 5.49. The van der Waals surface area contributed by atoms with Crippen LogP contribution in [-0.4, -0.2) is 11.2 Å². The van der Waals surface area contributed by atoms with Gasteiger partial charge >= 0.3 is 0 Å². The average Bonchev–Trinajstić information content (AvgIpc) is 3.29. The third kappa shape index (κ3) is 4.19. The van der Waals surface area contributed by atoms with Gasteiger partial charge in [0.1, 0.15) is 0 Å². The van der Waals surface area contributed by atoms with E-state index in [0.717, 1.165) is 18.0 Å². The molecule has 0 spiro atoms. The molecule has 3 heteroatoms. The molecule has 0 aliphatic heterocycles. The minimum Gasteiger partial charge on any atom is -0.360 e. The Kier molecular flexibility index (Phi) is 5.63. The molecule has 0 amide bonds. The van der Waals surface area contributed by atoms with Gasteiger partial charge in [-0.05, 0) is 60.9 Å². The zero-order valence-corrected chi connectivity index (χ0v) is 14.5. The van der Waals surface area contributed by atoms with Crippen molar-refractivity contribution >= 4 is 23.0 Å². The Hall–Kier alpha value is -1.09. The molecule has 1 fully saturated rings. The molecule has 0 radical (unpaired) electrons. The summed E-state index contributed by atoms with van der Waals surface area (Å²) in [6.07, 6.45) is 4.77. The summed E-state index contributed by atoms with van der Waals surface area (Å²) in [5.74, 6) is 1.08. The summed E-state index contributed by atoms with van der Waals surface area (Å²) in [5, 5.41) is 7.67. The van der Waals surface area contributed by atoms with Crippen LogP contribution in [0, 0.1) is 0 Å². The molecule has 2 rings (SSSR count). The van der Waals surface area contributed by atoms with Gasteiger partial charge in [-0.25, -0.2) is 0 Å². The first-order valence-corrected chi connectivity index (χ1v) is 8.67. The Bertz CT molecular complexity index is 466. The highest BCUT2D eigenvalue weighted by molar-refractivity contribution is 7.80. The van der Waals surface area contributed by atoms with Crippen molar-refractivity contribution in [3.05, 3.63) is 29.3 Å². The van der Waals surface area contributed by atoms with Crippen molar-refractivity contribution in [1.82, 2.24) is 5.32 Å². The molecule has 0 saturated heterocycles. The normalized spacial score (nSPS) is 17.1. The summed E-state index contributed by atoms with van der Waals surface area (Å²) < 4.78 is 0. The van der Waals surface area contributed by atoms with Crippen LogP contribution in [0.4, 0.5) is 5.69 Å². The van der Waals surface area contributed by atoms with Crippen molar-refractivity contribution in [2.24, 2.45) is 0 Å². The molecule has 21 heavy (non-hydrogen) atoms. The highest BCUT2D eigenvalue weighted by atomic mass is 32.1. The quantitative estimate of drug-likeness (QED) is 0.710. The SMILES string of the molecule is CCC(C)c1cccc(C(C)CC)c1NC(=S)NC1CC1. The van der Waals surface area contributed by atoms with Crippen LogP contribution < -0.4 is 10.6 Å². The van der Waals surface area contributed by atoms with Gasteiger partial charge in [-0.1, -0.05) is 45.9 Å². The second-order valence-corrected chi connectivity index (χ2v) is 6.71. The van der Waals surface area contributed by atoms with Crippen LogP contribution in [0.1, 0.15) is 76.3 Å². The Balaban J connectivity index is 2.29. The van der Waals surface area contributed by atoms with E-state index in [1.54, 1.807) is 0 Å². The van der Waals surface area contributed by atoms with Crippen molar-refractivity contribution < 1.29 is 0 Å². The van der Waals surface area contributed by atoms with Crippen LogP contribution in [0.3, 0.4) is 0 Å². The summed E-state index contributed by atoms with van der Waals surface area (Å²) in [4.78, 5) is 0. The number of para-hydroxylation sites is 1. The summed E-state index contributed by atoms with van der Waals surface area (Å²) >= 11 is 5.49. The maximum atomic E-state index is 5.49. The Labute approximate surface area is 134 Å². The Morgan fingerprint density at radius 3 is 2.10 bits per heavy atom. The Morgan fingerprint density at radius 2 is 1.67 bits per heavy atom. The fourth-order valence-electron chi connectivity index (χ4n) is 2.56. The van der Waals surface area contributed by atoms with Crippen molar-refractivity contribution in [2.45, 2.75) is 71.3 Å². The molecule has 2 N–H and O–H groups in total. The van der Waals surface area contributed by atoms with Gasteiger partial charge in [0.2, 0.25) is 0 Å². The number of nitrogens with one attached hydrogen (secondary N) is 2. The third-order valence-electron chi connectivity index (χ3n) is 4.57. The molecule has 0 bridgehead atoms. The van der Waals surface area contributed by atoms with E-state index in [4.69, 9.17) is 12.2 Å². The van der Waals surface area contributed by atoms with Gasteiger partial charge in [0.25, 0.3) is 0 Å². The standard InChI is InChI=1S/C18H28N2S/c1-5-12(3)15-8-7-9-16(13(4)6-2)17(15)20-18(21)19-14-10-11-14/h7-9,12-14H,5-6,10-11H2,1-4H3,(H2,19,20,21). The summed E-state index contributed by atoms with van der Waals surface area (Å²) in [5.41, 5.74) is 4.00. The van der Waals surface area contributed by atoms with Gasteiger partial charge in [0, 0.05) is 11.7 Å². The monoisotopic (exact) mass is 304 g/mol. The van der Waals surface area contributed by atoms with Gasteiger partial charge in [0.05, 0.1) is 0 Å². The van der Waals surface area contributed by atoms with Crippen LogP contribution >= 0.6 is 12.2 Å². The molecular weight excluding hydrogens is 276 g/mol. The molecule has 1 aromatic carbocycles. The summed E-state index contributed by atoms with van der Waals surface area (Å²) in [6.45, 7) is 9.06. The highest BCUT2D eigenvalue weighted by Crippen LogP contribution is 2.35. The number of anilines is 1. The molecule has 1 aliphatic rings. The largest absolute Gasteiger partial charge is 0.360 e. The van der Waals surface area contributed by atoms with Crippen LogP contribution in [0.5, 0.6) is 0 Å². The van der Waals surface area contributed by atoms with Gasteiger partial charge in [-0.3, -0.25) is 0 Å². The molecule has 1 aliphatic carbocycles. The molecule has 1 saturated carbocycles. The van der Waals surface area contributed by atoms with E-state index in [-0.39, 0.29) is 0 Å². The van der Waals surface area contributed by atoms with E-state index in [0.29, 0.717) is 17.9 Å². The minimum atomic E-state index is 0.542. The zero-order valence-electron chi connectivity index (χ0n) is 13.7. The summed E-state index contributed by atoms with van der Waals surface area (Å²) in [7, 11) is 0. The van der Waals surface area contributed by atoms with Gasteiger partial charge < -0.3 is 10.6 Å². The van der Waals surface area contributed by atoms with E-state index >= 15 is 0 Å². The van der Waals surface area contributed by atoms with Crippen LogP contribution in [0.15, 0.2) is 18.2 Å². The van der Waals surface area contributed by atoms with E-state index in [2.05, 4.69) is 56.5 Å². The first-order valence-electron chi connectivity index (χ1n) is 8.27. The van der Waals surface area contributed by atoms with Crippen LogP contribution in [0.25, 0.3) is 0 Å². The number of hydrogen-bond donors (Lipinski definition) is 2. The van der Waals surface area contributed by atoms with E-state index < -0.39 is 0 Å². The smallest absolute Gasteiger partial charge is 0.171 e. The third-order valence-corrected chi connectivity index (χ3v) is 4.79. The number of benzene rings is 1. The van der Waals surface area contributed by atoms with Crippen molar-refractivity contribution in [1.29, 1.82) is 0 Å². The predicted octanol–water partition coefficient (Wildman–Crippen LogP) is 5.16. The number of hydrogen-bond acceptors (Lipinski definition) is 1. The predicted molar refractivity (Wildman–Crippen MR) is 96.2 cm³/mol. The van der Waals surface area contributed by atoms with Gasteiger partial charge in [-0.15, -0.1) is 0 Å². The van der Waals surface area contributed by atoms with Crippen molar-refractivity contribution in [2.75, 3.05) is 5.32 Å². The topological polar surface area (TPSA) is 24.1 Å². The molecule has 2 unspecified atom stereocenters. The molecule has 116 valence electrons. The lowest BCUT2D eigenvalue weighted by molar-refractivity contribution is 0.715. The molecule has 0 heterocycles. The lowest BCUT2D eigenvalue weighted by atomic mass is 9.89. The van der Waals surface area contributed by atoms with Gasteiger partial charge in [-0.2, -0.15) is 0 Å². The van der Waals surface area contributed by atoms with Gasteiger partial charge in [0.15, 0.2) is 5.11 Å². The zero-order chi connectivity index (χ0) is 15.4. The number of thiocarbonyl (C=S) groups is 1. The van der Waals surface area contributed by atoms with Crippen LogP contribution in [-0.2, 0) is 0 Å². The van der Waals surface area contributed by atoms with E-state index in [1.165, 1.54) is 29.7 Å². The fourth-order valence-corrected chi connectivity index (χ4v) is 2.83. The Morgan fingerprint density at radius 1 is 1.14 bits per heavy atom. The highest BCUT2D eigenvalue weighted by Gasteiger charge is 2.23. The first kappa shape index (κ1) is 16.3. The van der Waals surface area contributed by atoms with E-state index in [9.17, 15) is 0 Å². The fraction of sp³-hybridized carbons (Fsp3) is 0.611. The molecule has 2 atom stereocenters. The maximum Gasteiger partial charge on any atom is 0.171 e. The first-order chi connectivity index (χ1) is 10.1. The lowest BCUT2D eigenvalue weighted by Crippen LogP contribution is -2.31. The lowest BCUT2D eigenvalue weighted by Gasteiger charge is -2.23. The number of rotatable bonds is 6. The average molecular weight is 305 g/mol. The molecular formula is C18H28N2S. The van der Waals surface area contributed by atoms with Crippen molar-refractivity contribution in [3.63, 3.8) is 0 Å². The second kappa shape index (κ2) is 7.26. The molecule has 0 aromatic heterocycles. The molecule has 2 nitrogen and oxygen atoms in total. The second-order valence-electron chi connectivity index (χ2n) is 6.30. The summed E-state index contributed by atoms with van der Waals surface area (Å²) in [6, 6.07) is 7.25. The van der Waals surface area contributed by atoms with E-state index in [1.807, 2.05) is 0 Å². The van der Waals surface area contributed by atoms with Crippen molar-refractivity contribution in [3.8, 4) is 0 Å². The molecule has 1 aromatic rings.